The molecular formula is C15H22ClIN2O2. The normalized spacial score (nSPS) is 25.3. The molecule has 1 aliphatic carbocycles. The van der Waals surface area contributed by atoms with E-state index in [1.165, 1.54) is 4.90 Å². The van der Waals surface area contributed by atoms with Crippen LogP contribution in [0.4, 0.5) is 0 Å². The first kappa shape index (κ1) is 18.6. The van der Waals surface area contributed by atoms with E-state index >= 15 is 0 Å². The summed E-state index contributed by atoms with van der Waals surface area (Å²) in [7, 11) is 4.14. The van der Waals surface area contributed by atoms with Gasteiger partial charge in [-0.15, -0.1) is 0 Å². The van der Waals surface area contributed by atoms with Gasteiger partial charge in [-0.25, -0.2) is 0 Å². The summed E-state index contributed by atoms with van der Waals surface area (Å²) < 4.78 is 0.717. The van der Waals surface area contributed by atoms with Crippen molar-refractivity contribution in [3.63, 3.8) is 0 Å². The third-order valence-corrected chi connectivity index (χ3v) is 4.52. The highest BCUT2D eigenvalue weighted by molar-refractivity contribution is 6.30. The molecule has 0 spiro atoms. The van der Waals surface area contributed by atoms with Gasteiger partial charge in [0, 0.05) is 5.03 Å². The second-order valence-electron chi connectivity index (χ2n) is 6.26. The Kier molecular flexibility index (Phi) is 6.43. The predicted octanol–water partition coefficient (Wildman–Crippen LogP) is -1.23. The highest BCUT2D eigenvalue weighted by Gasteiger charge is 2.48. The maximum Gasteiger partial charge on any atom is 0.233 e. The molecule has 0 bridgehead atoms. The lowest BCUT2D eigenvalue weighted by atomic mass is 9.85. The van der Waals surface area contributed by atoms with Gasteiger partial charge >= 0.3 is 0 Å². The van der Waals surface area contributed by atoms with Crippen LogP contribution < -0.4 is 24.0 Å². The van der Waals surface area contributed by atoms with Crippen molar-refractivity contribution in [2.45, 2.75) is 12.8 Å². The molecule has 0 aromatic carbocycles. The summed E-state index contributed by atoms with van der Waals surface area (Å²) in [6.07, 6.45) is 4.83. The maximum absolute atomic E-state index is 12.4. The molecule has 1 heterocycles. The van der Waals surface area contributed by atoms with Crippen molar-refractivity contribution in [3.05, 3.63) is 23.8 Å². The molecule has 2 amide bonds. The molecule has 2 aliphatic rings. The molecule has 21 heavy (non-hydrogen) atoms. The van der Waals surface area contributed by atoms with Crippen molar-refractivity contribution in [2.75, 3.05) is 33.7 Å². The Morgan fingerprint density at radius 3 is 2.62 bits per heavy atom. The Morgan fingerprint density at radius 2 is 2.00 bits per heavy atom. The molecule has 0 aromatic heterocycles. The van der Waals surface area contributed by atoms with Gasteiger partial charge in [-0.05, 0) is 18.9 Å². The van der Waals surface area contributed by atoms with Crippen LogP contribution in [0.2, 0.25) is 0 Å². The number of fused-ring (bicyclic) bond motifs is 1. The number of amides is 2. The number of likely N-dealkylation sites (tertiary alicyclic amines) is 1. The average Bonchev–Trinajstić information content (AvgIpc) is 2.59. The molecule has 118 valence electrons. The van der Waals surface area contributed by atoms with Gasteiger partial charge in [-0.1, -0.05) is 24.3 Å². The van der Waals surface area contributed by atoms with Crippen LogP contribution in [0, 0.1) is 11.8 Å². The molecule has 1 saturated heterocycles. The quantitative estimate of drug-likeness (QED) is 0.240. The van der Waals surface area contributed by atoms with Crippen molar-refractivity contribution >= 4 is 23.4 Å². The Bertz CT molecular complexity index is 476. The molecule has 0 saturated carbocycles. The number of carbonyl (C=O) groups is 2. The second-order valence-corrected chi connectivity index (χ2v) is 6.75. The van der Waals surface area contributed by atoms with Gasteiger partial charge in [0.25, 0.3) is 0 Å². The van der Waals surface area contributed by atoms with Gasteiger partial charge in [0.1, 0.15) is 0 Å². The first-order chi connectivity index (χ1) is 9.35. The number of imide groups is 1. The summed E-state index contributed by atoms with van der Waals surface area (Å²) in [5.41, 5.74) is 0. The van der Waals surface area contributed by atoms with E-state index in [0.29, 0.717) is 24.4 Å². The maximum atomic E-state index is 12.4. The standard InChI is InChI=1S/C15H22ClN2O2.HI/c1-4-8-18(2,3)9-7-17-14(19)12-6-5-11(16)10-13(12)15(17)20;/h4-5,12-13H,1,6-10H2,2-3H3;1H/q+1;/p-1. The number of halogens is 2. The number of carbonyl (C=O) groups excluding carboxylic acids is 2. The molecule has 2 unspecified atom stereocenters. The summed E-state index contributed by atoms with van der Waals surface area (Å²) in [5.74, 6) is -0.515. The number of quaternary nitrogens is 1. The lowest BCUT2D eigenvalue weighted by Gasteiger charge is -2.30. The summed E-state index contributed by atoms with van der Waals surface area (Å²) in [5, 5.41) is 0.706. The van der Waals surface area contributed by atoms with Crippen molar-refractivity contribution in [1.29, 1.82) is 0 Å². The van der Waals surface area contributed by atoms with E-state index in [4.69, 9.17) is 11.6 Å². The van der Waals surface area contributed by atoms with Crippen LogP contribution >= 0.6 is 11.6 Å². The Hall–Kier alpha value is -0.400. The van der Waals surface area contributed by atoms with Gasteiger partial charge in [-0.2, -0.15) is 0 Å². The summed E-state index contributed by atoms with van der Waals surface area (Å²) in [6.45, 7) is 5.77. The molecule has 1 fully saturated rings. The molecule has 0 N–H and O–H groups in total. The lowest BCUT2D eigenvalue weighted by Crippen LogP contribution is -3.00. The zero-order chi connectivity index (χ0) is 14.9. The lowest BCUT2D eigenvalue weighted by molar-refractivity contribution is -0.883. The largest absolute Gasteiger partial charge is 1.00 e. The number of hydrogen-bond acceptors (Lipinski definition) is 2. The van der Waals surface area contributed by atoms with E-state index in [0.717, 1.165) is 17.6 Å². The van der Waals surface area contributed by atoms with Gasteiger partial charge in [-0.3, -0.25) is 14.5 Å². The molecule has 2 rings (SSSR count). The van der Waals surface area contributed by atoms with Crippen LogP contribution in [-0.4, -0.2) is 54.9 Å². The highest BCUT2D eigenvalue weighted by atomic mass is 127. The molecule has 4 nitrogen and oxygen atoms in total. The summed E-state index contributed by atoms with van der Waals surface area (Å²) >= 11 is 6.00. The van der Waals surface area contributed by atoms with Crippen LogP contribution in [0.3, 0.4) is 0 Å². The molecule has 0 aromatic rings. The zero-order valence-electron chi connectivity index (χ0n) is 12.5. The van der Waals surface area contributed by atoms with E-state index in [2.05, 4.69) is 20.7 Å². The van der Waals surface area contributed by atoms with Crippen LogP contribution in [0.25, 0.3) is 0 Å². The monoisotopic (exact) mass is 424 g/mol. The van der Waals surface area contributed by atoms with Gasteiger partial charge in [0.15, 0.2) is 0 Å². The minimum atomic E-state index is -0.241. The molecular weight excluding hydrogens is 403 g/mol. The fourth-order valence-electron chi connectivity index (χ4n) is 2.93. The SMILES string of the molecule is C=CC[N+](C)(C)CCN1C(=O)C2CC=C(Cl)CC2C1=O.[I-]. The first-order valence-electron chi connectivity index (χ1n) is 6.98. The minimum absolute atomic E-state index is 0. The smallest absolute Gasteiger partial charge is 0.233 e. The Labute approximate surface area is 148 Å². The van der Waals surface area contributed by atoms with Crippen LogP contribution in [0.15, 0.2) is 23.8 Å². The topological polar surface area (TPSA) is 37.4 Å². The fraction of sp³-hybridized carbons (Fsp3) is 0.600. The van der Waals surface area contributed by atoms with Crippen molar-refractivity contribution < 1.29 is 38.0 Å². The molecule has 1 aliphatic heterocycles. The van der Waals surface area contributed by atoms with Crippen molar-refractivity contribution in [3.8, 4) is 0 Å². The van der Waals surface area contributed by atoms with Gasteiger partial charge in [0.05, 0.1) is 45.6 Å². The van der Waals surface area contributed by atoms with E-state index in [-0.39, 0.29) is 47.6 Å². The van der Waals surface area contributed by atoms with Gasteiger partial charge in [0.2, 0.25) is 11.8 Å². The van der Waals surface area contributed by atoms with Crippen LogP contribution in [-0.2, 0) is 9.59 Å². The first-order valence-corrected chi connectivity index (χ1v) is 7.36. The number of rotatable bonds is 5. The Balaban J connectivity index is 0.00000220. The van der Waals surface area contributed by atoms with Crippen LogP contribution in [0.5, 0.6) is 0 Å². The van der Waals surface area contributed by atoms with E-state index in [9.17, 15) is 9.59 Å². The number of likely N-dealkylation sites (N-methyl/N-ethyl adjacent to an activating group) is 1. The van der Waals surface area contributed by atoms with Crippen molar-refractivity contribution in [2.24, 2.45) is 11.8 Å². The van der Waals surface area contributed by atoms with E-state index in [1.54, 1.807) is 0 Å². The fourth-order valence-corrected chi connectivity index (χ4v) is 3.18. The Morgan fingerprint density at radius 1 is 1.38 bits per heavy atom. The van der Waals surface area contributed by atoms with E-state index < -0.39 is 0 Å². The second kappa shape index (κ2) is 7.24. The molecule has 2 atom stereocenters. The van der Waals surface area contributed by atoms with Crippen molar-refractivity contribution in [1.82, 2.24) is 4.90 Å². The average molecular weight is 425 g/mol. The minimum Gasteiger partial charge on any atom is -1.00 e. The molecule has 6 heteroatoms. The number of nitrogens with zero attached hydrogens (tertiary/aromatic N) is 2. The number of allylic oxidation sites excluding steroid dienone is 2. The third-order valence-electron chi connectivity index (χ3n) is 4.21. The zero-order valence-corrected chi connectivity index (χ0v) is 15.4. The highest BCUT2D eigenvalue weighted by Crippen LogP contribution is 2.38. The third kappa shape index (κ3) is 4.07. The van der Waals surface area contributed by atoms with E-state index in [1.807, 2.05) is 12.2 Å². The predicted molar refractivity (Wildman–Crippen MR) is 78.9 cm³/mol. The van der Waals surface area contributed by atoms with Gasteiger partial charge < -0.3 is 28.5 Å². The summed E-state index contributed by atoms with van der Waals surface area (Å²) in [4.78, 5) is 26.1. The number of hydrogen-bond donors (Lipinski definition) is 0. The van der Waals surface area contributed by atoms with Crippen LogP contribution in [0.1, 0.15) is 12.8 Å². The molecule has 0 radical (unpaired) electrons. The summed E-state index contributed by atoms with van der Waals surface area (Å²) in [6, 6.07) is 0.